The largest absolute Gasteiger partial charge is 0.469 e. The van der Waals surface area contributed by atoms with E-state index in [1.165, 1.54) is 14.0 Å². The molecule has 0 heterocycles. The van der Waals surface area contributed by atoms with Crippen LogP contribution in [0.25, 0.3) is 0 Å². The zero-order valence-electron chi connectivity index (χ0n) is 12.0. The molecular formula is C14H23NO3. The van der Waals surface area contributed by atoms with E-state index >= 15 is 0 Å². The van der Waals surface area contributed by atoms with E-state index in [1.54, 1.807) is 6.07 Å². The Morgan fingerprint density at radius 1 is 1.33 bits per heavy atom. The summed E-state index contributed by atoms with van der Waals surface area (Å²) in [5.41, 5.74) is 1.86. The molecule has 0 atom stereocenters. The molecule has 0 aliphatic carbocycles. The lowest BCUT2D eigenvalue weighted by Gasteiger charge is -1.88. The van der Waals surface area contributed by atoms with Crippen molar-refractivity contribution in [3.05, 3.63) is 35.4 Å². The predicted octanol–water partition coefficient (Wildman–Crippen LogP) is 2.68. The highest BCUT2D eigenvalue weighted by atomic mass is 16.5. The van der Waals surface area contributed by atoms with Gasteiger partial charge >= 0.3 is 5.97 Å². The summed E-state index contributed by atoms with van der Waals surface area (Å²) in [6.45, 7) is 7.33. The highest BCUT2D eigenvalue weighted by Gasteiger charge is 1.86. The summed E-state index contributed by atoms with van der Waals surface area (Å²) < 4.78 is 4.11. The van der Waals surface area contributed by atoms with Gasteiger partial charge in [0, 0.05) is 14.0 Å². The van der Waals surface area contributed by atoms with Crippen molar-refractivity contribution in [3.8, 4) is 6.07 Å². The number of hydrogen-bond donors (Lipinski definition) is 1. The highest BCUT2D eigenvalue weighted by Crippen LogP contribution is 2.00. The molecule has 18 heavy (non-hydrogen) atoms. The van der Waals surface area contributed by atoms with E-state index in [9.17, 15) is 4.79 Å². The molecule has 0 aliphatic rings. The molecule has 0 radical (unpaired) electrons. The molecule has 0 saturated heterocycles. The first kappa shape index (κ1) is 21.4. The van der Waals surface area contributed by atoms with Gasteiger partial charge in [-0.3, -0.25) is 4.79 Å². The van der Waals surface area contributed by atoms with Crippen LogP contribution >= 0.6 is 0 Å². The second-order valence-corrected chi connectivity index (χ2v) is 2.68. The van der Waals surface area contributed by atoms with Crippen LogP contribution < -0.4 is 0 Å². The number of carbonyl (C=O) groups excluding carboxylic acids is 1. The number of benzene rings is 1. The average molecular weight is 253 g/mol. The van der Waals surface area contributed by atoms with Gasteiger partial charge in [0.2, 0.25) is 0 Å². The van der Waals surface area contributed by atoms with Gasteiger partial charge in [0.15, 0.2) is 0 Å². The van der Waals surface area contributed by atoms with Gasteiger partial charge in [-0.05, 0) is 24.6 Å². The number of esters is 1. The van der Waals surface area contributed by atoms with E-state index in [0.29, 0.717) is 0 Å². The molecule has 1 rings (SSSR count). The van der Waals surface area contributed by atoms with Gasteiger partial charge in [0.05, 0.1) is 18.7 Å². The number of aliphatic hydroxyl groups is 1. The smallest absolute Gasteiger partial charge is 0.302 e. The van der Waals surface area contributed by atoms with Gasteiger partial charge in [0.25, 0.3) is 0 Å². The number of nitriles is 1. The average Bonchev–Trinajstić information content (AvgIpc) is 2.44. The van der Waals surface area contributed by atoms with E-state index in [4.69, 9.17) is 10.4 Å². The predicted molar refractivity (Wildman–Crippen MR) is 73.1 cm³/mol. The number of ether oxygens (including phenoxy) is 1. The number of hydrogen-bond acceptors (Lipinski definition) is 4. The van der Waals surface area contributed by atoms with Gasteiger partial charge in [-0.2, -0.15) is 5.26 Å². The second-order valence-electron chi connectivity index (χ2n) is 2.68. The molecule has 0 saturated carbocycles. The summed E-state index contributed by atoms with van der Waals surface area (Å²) in [5, 5.41) is 15.4. The fourth-order valence-corrected chi connectivity index (χ4v) is 0.715. The van der Waals surface area contributed by atoms with Crippen LogP contribution in [0.3, 0.4) is 0 Å². The Kier molecular flexibility index (Phi) is 20.9. The molecule has 1 aromatic carbocycles. The molecule has 102 valence electrons. The summed E-state index contributed by atoms with van der Waals surface area (Å²) in [7, 11) is 2.35. The third kappa shape index (κ3) is 16.6. The lowest BCUT2D eigenvalue weighted by Crippen LogP contribution is -1.88. The minimum absolute atomic E-state index is 0.245. The number of methoxy groups -OCH3 is 1. The van der Waals surface area contributed by atoms with Crippen LogP contribution in [0.4, 0.5) is 0 Å². The van der Waals surface area contributed by atoms with Gasteiger partial charge in [-0.25, -0.2) is 0 Å². The van der Waals surface area contributed by atoms with Crippen LogP contribution in [0.1, 0.15) is 31.9 Å². The maximum absolute atomic E-state index is 9.59. The van der Waals surface area contributed by atoms with Crippen LogP contribution in [-0.4, -0.2) is 25.3 Å². The summed E-state index contributed by atoms with van der Waals surface area (Å²) >= 11 is 0. The Bertz CT molecular complexity index is 343. The van der Waals surface area contributed by atoms with E-state index < -0.39 is 0 Å². The minimum Gasteiger partial charge on any atom is -0.469 e. The Balaban J connectivity index is -0.000000215. The third-order valence-electron chi connectivity index (χ3n) is 1.43. The monoisotopic (exact) mass is 253 g/mol. The number of rotatable bonds is 0. The Labute approximate surface area is 110 Å². The maximum Gasteiger partial charge on any atom is 0.302 e. The summed E-state index contributed by atoms with van der Waals surface area (Å²) in [5.74, 6) is -0.245. The fraction of sp³-hybridized carbons (Fsp3) is 0.429. The van der Waals surface area contributed by atoms with Crippen LogP contribution in [-0.2, 0) is 9.53 Å². The van der Waals surface area contributed by atoms with Crippen molar-refractivity contribution in [2.75, 3.05) is 14.2 Å². The van der Waals surface area contributed by atoms with Crippen LogP contribution in [0.5, 0.6) is 0 Å². The van der Waals surface area contributed by atoms with E-state index in [1.807, 2.05) is 39.0 Å². The van der Waals surface area contributed by atoms with E-state index in [0.717, 1.165) is 18.2 Å². The molecular weight excluding hydrogens is 230 g/mol. The molecule has 0 aliphatic heterocycles. The molecule has 0 bridgehead atoms. The van der Waals surface area contributed by atoms with Gasteiger partial charge < -0.3 is 9.84 Å². The van der Waals surface area contributed by atoms with Crippen molar-refractivity contribution < 1.29 is 14.6 Å². The summed E-state index contributed by atoms with van der Waals surface area (Å²) in [6, 6.07) is 9.58. The normalized spacial score (nSPS) is 6.78. The molecule has 4 heteroatoms. The number of carbonyl (C=O) groups is 1. The maximum atomic E-state index is 9.59. The molecule has 0 aromatic heterocycles. The molecule has 1 N–H and O–H groups in total. The van der Waals surface area contributed by atoms with Crippen LogP contribution in [0.2, 0.25) is 0 Å². The van der Waals surface area contributed by atoms with Crippen molar-refractivity contribution in [2.45, 2.75) is 27.7 Å². The van der Waals surface area contributed by atoms with Crippen molar-refractivity contribution in [2.24, 2.45) is 0 Å². The lowest BCUT2D eigenvalue weighted by molar-refractivity contribution is -0.137. The molecule has 1 aromatic rings. The standard InChI is InChI=1S/C8H7N.C3H6O2.C2H6.CH4O/c1-7-3-2-4-8(5-7)6-9;1-3(4)5-2;2*1-2/h2-5H,1H3;1-2H3;1-2H3;2H,1H3. The first-order valence-corrected chi connectivity index (χ1v) is 5.56. The molecule has 0 unspecified atom stereocenters. The highest BCUT2D eigenvalue weighted by molar-refractivity contribution is 5.65. The Morgan fingerprint density at radius 2 is 1.78 bits per heavy atom. The van der Waals surface area contributed by atoms with Crippen molar-refractivity contribution in [3.63, 3.8) is 0 Å². The fourth-order valence-electron chi connectivity index (χ4n) is 0.715. The van der Waals surface area contributed by atoms with E-state index in [2.05, 4.69) is 10.8 Å². The topological polar surface area (TPSA) is 70.3 Å². The lowest BCUT2D eigenvalue weighted by atomic mass is 10.2. The molecule has 4 nitrogen and oxygen atoms in total. The van der Waals surface area contributed by atoms with Crippen molar-refractivity contribution in [1.29, 1.82) is 5.26 Å². The SMILES string of the molecule is CC.CO.COC(C)=O.Cc1cccc(C#N)c1. The van der Waals surface area contributed by atoms with Gasteiger partial charge in [-0.15, -0.1) is 0 Å². The minimum atomic E-state index is -0.245. The summed E-state index contributed by atoms with van der Waals surface area (Å²) in [4.78, 5) is 9.59. The number of aryl methyl sites for hydroxylation is 1. The first-order valence-electron chi connectivity index (χ1n) is 5.56. The van der Waals surface area contributed by atoms with Crippen LogP contribution in [0, 0.1) is 18.3 Å². The van der Waals surface area contributed by atoms with Crippen molar-refractivity contribution >= 4 is 5.97 Å². The summed E-state index contributed by atoms with van der Waals surface area (Å²) in [6.07, 6.45) is 0. The molecule has 0 fully saturated rings. The quantitative estimate of drug-likeness (QED) is 0.722. The zero-order valence-corrected chi connectivity index (χ0v) is 12.0. The van der Waals surface area contributed by atoms with Crippen LogP contribution in [0.15, 0.2) is 24.3 Å². The Hall–Kier alpha value is -1.86. The molecule has 0 amide bonds. The van der Waals surface area contributed by atoms with E-state index in [-0.39, 0.29) is 5.97 Å². The number of aliphatic hydroxyl groups excluding tert-OH is 1. The van der Waals surface area contributed by atoms with Crippen molar-refractivity contribution in [1.82, 2.24) is 0 Å². The third-order valence-corrected chi connectivity index (χ3v) is 1.43. The second kappa shape index (κ2) is 17.5. The number of nitrogens with zero attached hydrogens (tertiary/aromatic N) is 1. The molecule has 0 spiro atoms. The Morgan fingerprint density at radius 3 is 2.00 bits per heavy atom. The van der Waals surface area contributed by atoms with Gasteiger partial charge in [0.1, 0.15) is 0 Å². The zero-order chi connectivity index (χ0) is 15.0. The van der Waals surface area contributed by atoms with Gasteiger partial charge in [-0.1, -0.05) is 26.0 Å². The first-order chi connectivity index (χ1) is 8.60.